The number of hydrogen-bond acceptors (Lipinski definition) is 5. The van der Waals surface area contributed by atoms with E-state index in [1.807, 2.05) is 12.1 Å². The van der Waals surface area contributed by atoms with Crippen molar-refractivity contribution in [3.05, 3.63) is 64.7 Å². The van der Waals surface area contributed by atoms with Crippen LogP contribution in [-0.4, -0.2) is 27.5 Å². The summed E-state index contributed by atoms with van der Waals surface area (Å²) >= 11 is 1.71. The molecule has 3 aromatic rings. The van der Waals surface area contributed by atoms with Crippen molar-refractivity contribution in [1.82, 2.24) is 0 Å². The third-order valence-corrected chi connectivity index (χ3v) is 7.94. The minimum Gasteiger partial charge on any atom is -0.506 e. The first-order valence-electron chi connectivity index (χ1n) is 12.9. The van der Waals surface area contributed by atoms with Crippen molar-refractivity contribution in [2.45, 2.75) is 76.0 Å². The number of unbranched alkanes of at least 4 members (excludes halogenated alkanes) is 9. The van der Waals surface area contributed by atoms with Crippen LogP contribution in [0.1, 0.15) is 103 Å². The Labute approximate surface area is 211 Å². The van der Waals surface area contributed by atoms with Crippen molar-refractivity contribution >= 4 is 34.1 Å². The molecule has 0 aliphatic heterocycles. The molecule has 0 unspecified atom stereocenters. The van der Waals surface area contributed by atoms with E-state index in [9.17, 15) is 19.8 Å². The zero-order chi connectivity index (χ0) is 24.8. The van der Waals surface area contributed by atoms with Gasteiger partial charge in [0.15, 0.2) is 11.6 Å². The Morgan fingerprint density at radius 1 is 0.657 bits per heavy atom. The molecule has 3 aromatic carbocycles. The lowest BCUT2D eigenvalue weighted by Gasteiger charge is -2.21. The summed E-state index contributed by atoms with van der Waals surface area (Å²) in [5.74, 6) is -0.378. The molecule has 0 saturated heterocycles. The van der Waals surface area contributed by atoms with E-state index in [0.717, 1.165) is 17.1 Å². The number of phenols is 2. The fraction of sp³-hybridized carbons (Fsp3) is 0.400. The van der Waals surface area contributed by atoms with Crippen molar-refractivity contribution in [1.29, 1.82) is 0 Å². The maximum absolute atomic E-state index is 13.1. The number of hydrogen-bond donors (Lipinski definition) is 2. The summed E-state index contributed by atoms with van der Waals surface area (Å²) < 4.78 is 0. The summed E-state index contributed by atoms with van der Waals surface area (Å²) in [7, 11) is 0. The molecule has 4 nitrogen and oxygen atoms in total. The van der Waals surface area contributed by atoms with E-state index in [4.69, 9.17) is 0 Å². The van der Waals surface area contributed by atoms with Gasteiger partial charge < -0.3 is 10.2 Å². The van der Waals surface area contributed by atoms with Gasteiger partial charge in [-0.1, -0.05) is 89.0 Å². The highest BCUT2D eigenvalue weighted by Gasteiger charge is 2.35. The quantitative estimate of drug-likeness (QED) is 0.119. The summed E-state index contributed by atoms with van der Waals surface area (Å²) in [5, 5.41) is 22.7. The number of phenolic OH excluding ortho intramolecular Hbond substituents is 2. The predicted molar refractivity (Wildman–Crippen MR) is 143 cm³/mol. The highest BCUT2D eigenvalue weighted by Crippen LogP contribution is 2.45. The van der Waals surface area contributed by atoms with Gasteiger partial charge >= 0.3 is 0 Å². The van der Waals surface area contributed by atoms with Gasteiger partial charge in [-0.3, -0.25) is 9.59 Å². The normalized spacial score (nSPS) is 12.7. The fourth-order valence-electron chi connectivity index (χ4n) is 4.89. The van der Waals surface area contributed by atoms with Crippen LogP contribution in [0.3, 0.4) is 0 Å². The molecule has 0 fully saturated rings. The van der Waals surface area contributed by atoms with Crippen LogP contribution in [0.4, 0.5) is 0 Å². The van der Waals surface area contributed by atoms with Crippen LogP contribution in [-0.2, 0) is 0 Å². The Hall–Kier alpha value is -2.79. The van der Waals surface area contributed by atoms with Crippen LogP contribution >= 0.6 is 11.8 Å². The summed E-state index contributed by atoms with van der Waals surface area (Å²) in [6.45, 7) is 2.25. The number of thioether (sulfide) groups is 1. The highest BCUT2D eigenvalue weighted by molar-refractivity contribution is 7.99. The van der Waals surface area contributed by atoms with Crippen LogP contribution in [0.5, 0.6) is 11.5 Å². The second-order valence-electron chi connectivity index (χ2n) is 9.39. The average Bonchev–Trinajstić information content (AvgIpc) is 2.88. The molecule has 5 heteroatoms. The van der Waals surface area contributed by atoms with Gasteiger partial charge in [-0.15, -0.1) is 11.8 Å². The minimum absolute atomic E-state index is 0.101. The number of ketones is 2. The smallest absolute Gasteiger partial charge is 0.198 e. The monoisotopic (exact) mass is 490 g/mol. The maximum atomic E-state index is 13.1. The van der Waals surface area contributed by atoms with Crippen molar-refractivity contribution in [3.8, 4) is 11.5 Å². The van der Waals surface area contributed by atoms with Crippen molar-refractivity contribution < 1.29 is 19.8 Å². The average molecular weight is 491 g/mol. The summed E-state index contributed by atoms with van der Waals surface area (Å²) in [4.78, 5) is 27.1. The molecule has 0 heterocycles. The van der Waals surface area contributed by atoms with E-state index in [0.29, 0.717) is 10.8 Å². The van der Waals surface area contributed by atoms with Gasteiger partial charge in [-0.2, -0.15) is 0 Å². The molecule has 0 spiro atoms. The number of fused-ring (bicyclic) bond motifs is 3. The Kier molecular flexibility index (Phi) is 8.50. The third kappa shape index (κ3) is 5.40. The molecule has 0 aromatic heterocycles. The van der Waals surface area contributed by atoms with E-state index in [2.05, 4.69) is 6.92 Å². The Morgan fingerprint density at radius 3 is 1.74 bits per heavy atom. The first-order valence-corrected chi connectivity index (χ1v) is 13.9. The highest BCUT2D eigenvalue weighted by atomic mass is 32.2. The Balaban J connectivity index is 1.40. The molecular weight excluding hydrogens is 456 g/mol. The Morgan fingerprint density at radius 2 is 1.17 bits per heavy atom. The molecule has 4 rings (SSSR count). The van der Waals surface area contributed by atoms with Gasteiger partial charge in [0, 0.05) is 26.8 Å². The largest absolute Gasteiger partial charge is 0.506 e. The standard InChI is InChI=1S/C30H34O4S/c1-2-3-4-5-6-7-8-9-10-13-18-35-20-16-17-23-24(19-20)30(34)26-25(29(23)33)27(31)21-14-11-12-15-22(21)28(26)32/h11-12,14-17,19,33-34H,2-10,13,18H2,1H3. The van der Waals surface area contributed by atoms with Crippen molar-refractivity contribution in [2.24, 2.45) is 0 Å². The van der Waals surface area contributed by atoms with Crippen LogP contribution in [0.2, 0.25) is 0 Å². The van der Waals surface area contributed by atoms with Crippen LogP contribution in [0.15, 0.2) is 47.4 Å². The molecule has 1 aliphatic carbocycles. The van der Waals surface area contributed by atoms with Gasteiger partial charge in [0.1, 0.15) is 11.5 Å². The van der Waals surface area contributed by atoms with Crippen LogP contribution in [0.25, 0.3) is 10.8 Å². The second-order valence-corrected chi connectivity index (χ2v) is 10.6. The first kappa shape index (κ1) is 25.3. The van der Waals surface area contributed by atoms with Crippen LogP contribution < -0.4 is 0 Å². The predicted octanol–water partition coefficient (Wildman–Crippen LogP) is 8.04. The van der Waals surface area contributed by atoms with Crippen molar-refractivity contribution in [3.63, 3.8) is 0 Å². The topological polar surface area (TPSA) is 74.6 Å². The van der Waals surface area contributed by atoms with Gasteiger partial charge in [-0.05, 0) is 30.4 Å². The van der Waals surface area contributed by atoms with E-state index in [1.165, 1.54) is 57.8 Å². The second kappa shape index (κ2) is 11.8. The molecular formula is C30H34O4S. The van der Waals surface area contributed by atoms with E-state index < -0.39 is 11.6 Å². The zero-order valence-electron chi connectivity index (χ0n) is 20.4. The molecule has 0 atom stereocenters. The molecule has 2 N–H and O–H groups in total. The molecule has 0 bridgehead atoms. The summed E-state index contributed by atoms with van der Waals surface area (Å²) in [6, 6.07) is 12.0. The summed E-state index contributed by atoms with van der Waals surface area (Å²) in [5.41, 5.74) is 0.299. The number of carbonyl (C=O) groups is 2. The molecule has 0 saturated carbocycles. The zero-order valence-corrected chi connectivity index (χ0v) is 21.3. The number of aromatic hydroxyl groups is 2. The molecule has 1 aliphatic rings. The lowest BCUT2D eigenvalue weighted by Crippen LogP contribution is -2.21. The lowest BCUT2D eigenvalue weighted by atomic mass is 9.81. The number of carbonyl (C=O) groups excluding carboxylic acids is 2. The van der Waals surface area contributed by atoms with Crippen LogP contribution in [0, 0.1) is 0 Å². The summed E-state index contributed by atoms with van der Waals surface area (Å²) in [6.07, 6.45) is 13.0. The van der Waals surface area contributed by atoms with Gasteiger partial charge in [-0.25, -0.2) is 0 Å². The fourth-order valence-corrected chi connectivity index (χ4v) is 5.84. The lowest BCUT2D eigenvalue weighted by molar-refractivity contribution is 0.0974. The van der Waals surface area contributed by atoms with Gasteiger partial charge in [0.25, 0.3) is 0 Å². The Bertz CT molecular complexity index is 1230. The molecule has 184 valence electrons. The minimum atomic E-state index is -0.440. The maximum Gasteiger partial charge on any atom is 0.198 e. The van der Waals surface area contributed by atoms with Crippen molar-refractivity contribution in [2.75, 3.05) is 5.75 Å². The molecule has 0 amide bonds. The number of rotatable bonds is 12. The molecule has 0 radical (unpaired) electrons. The molecule has 35 heavy (non-hydrogen) atoms. The van der Waals surface area contributed by atoms with E-state index >= 15 is 0 Å². The van der Waals surface area contributed by atoms with Gasteiger partial charge in [0.05, 0.1) is 11.1 Å². The number of benzene rings is 3. The first-order chi connectivity index (χ1) is 17.0. The van der Waals surface area contributed by atoms with E-state index in [1.54, 1.807) is 42.1 Å². The SMILES string of the molecule is CCCCCCCCCCCCSc1ccc2c(O)c3c(c(O)c2c1)C(=O)c1ccccc1C3=O. The third-order valence-electron chi connectivity index (χ3n) is 6.86. The van der Waals surface area contributed by atoms with E-state index in [-0.39, 0.29) is 33.8 Å². The van der Waals surface area contributed by atoms with Gasteiger partial charge in [0.2, 0.25) is 0 Å².